The van der Waals surface area contributed by atoms with Crippen molar-refractivity contribution in [3.63, 3.8) is 0 Å². The van der Waals surface area contributed by atoms with E-state index in [9.17, 15) is 9.59 Å². The summed E-state index contributed by atoms with van der Waals surface area (Å²) in [5.74, 6) is -0.411. The Kier molecular flexibility index (Phi) is 6.41. The van der Waals surface area contributed by atoms with Crippen LogP contribution < -0.4 is 16.0 Å². The van der Waals surface area contributed by atoms with Crippen molar-refractivity contribution in [2.75, 3.05) is 25.0 Å². The maximum Gasteiger partial charge on any atom is 0.328 e. The van der Waals surface area contributed by atoms with Crippen LogP contribution in [-0.4, -0.2) is 42.6 Å². The maximum absolute atomic E-state index is 12.4. The van der Waals surface area contributed by atoms with Crippen molar-refractivity contribution in [3.05, 3.63) is 71.3 Å². The van der Waals surface area contributed by atoms with Gasteiger partial charge in [-0.25, -0.2) is 4.79 Å². The fourth-order valence-electron chi connectivity index (χ4n) is 2.80. The molecule has 0 atom stereocenters. The van der Waals surface area contributed by atoms with Crippen LogP contribution in [0.1, 0.15) is 21.5 Å². The van der Waals surface area contributed by atoms with E-state index in [-0.39, 0.29) is 5.91 Å². The number of hydrogen-bond acceptors (Lipinski definition) is 5. The number of aliphatic carboxylic acids is 1. The summed E-state index contributed by atoms with van der Waals surface area (Å²) in [6, 6.07) is 14.8. The summed E-state index contributed by atoms with van der Waals surface area (Å²) < 4.78 is 0. The van der Waals surface area contributed by atoms with E-state index >= 15 is 0 Å². The number of carboxylic acid groups (broad SMARTS) is 1. The molecule has 0 aromatic heterocycles. The highest BCUT2D eigenvalue weighted by Gasteiger charge is 2.08. The topological polar surface area (TPSA) is 103 Å². The highest BCUT2D eigenvalue weighted by atomic mass is 16.4. The van der Waals surface area contributed by atoms with Gasteiger partial charge in [0.25, 0.3) is 5.91 Å². The monoisotopic (exact) mass is 378 g/mol. The summed E-state index contributed by atoms with van der Waals surface area (Å²) in [4.78, 5) is 27.3. The number of carboxylic acids is 1. The van der Waals surface area contributed by atoms with Crippen LogP contribution in [0.15, 0.2) is 59.6 Å². The fourth-order valence-corrected chi connectivity index (χ4v) is 2.80. The predicted octanol–water partition coefficient (Wildman–Crippen LogP) is 2.13. The molecular weight excluding hydrogens is 356 g/mol. The third-order valence-electron chi connectivity index (χ3n) is 4.13. The van der Waals surface area contributed by atoms with Crippen molar-refractivity contribution in [1.29, 1.82) is 0 Å². The average molecular weight is 378 g/mol. The lowest BCUT2D eigenvalue weighted by molar-refractivity contribution is -0.131. The van der Waals surface area contributed by atoms with Crippen molar-refractivity contribution in [2.45, 2.75) is 6.42 Å². The number of carbonyl (C=O) groups is 2. The summed E-state index contributed by atoms with van der Waals surface area (Å²) in [6.45, 7) is 2.04. The Balaban J connectivity index is 1.53. The standard InChI is InChI=1S/C21H22N4O3/c26-19(27)8-7-15-3-1-4-16(13-15)9-10-22-20(28)17-5-2-6-18(14-17)25-21-23-11-12-24-21/h1-8,13-14H,9-12H2,(H,22,28)(H,26,27)(H2,23,24,25). The summed E-state index contributed by atoms with van der Waals surface area (Å²) in [5, 5.41) is 17.9. The molecule has 7 heteroatoms. The second-order valence-electron chi connectivity index (χ2n) is 6.29. The predicted molar refractivity (Wildman–Crippen MR) is 110 cm³/mol. The van der Waals surface area contributed by atoms with E-state index in [0.717, 1.165) is 41.9 Å². The quantitative estimate of drug-likeness (QED) is 0.553. The molecule has 0 bridgehead atoms. The smallest absolute Gasteiger partial charge is 0.328 e. The number of carbonyl (C=O) groups excluding carboxylic acids is 1. The van der Waals surface area contributed by atoms with E-state index in [1.54, 1.807) is 18.2 Å². The van der Waals surface area contributed by atoms with Gasteiger partial charge in [0.15, 0.2) is 5.96 Å². The molecule has 0 aliphatic carbocycles. The number of anilines is 1. The van der Waals surface area contributed by atoms with Crippen LogP contribution >= 0.6 is 0 Å². The van der Waals surface area contributed by atoms with E-state index in [2.05, 4.69) is 20.9 Å². The molecule has 1 aliphatic heterocycles. The molecule has 2 aromatic rings. The second-order valence-corrected chi connectivity index (χ2v) is 6.29. The molecule has 1 heterocycles. The minimum Gasteiger partial charge on any atom is -0.478 e. The van der Waals surface area contributed by atoms with Crippen molar-refractivity contribution < 1.29 is 14.7 Å². The molecule has 0 saturated carbocycles. The molecule has 0 radical (unpaired) electrons. The molecule has 1 aliphatic rings. The number of aliphatic imine (C=N–C) groups is 1. The fraction of sp³-hybridized carbons (Fsp3) is 0.190. The van der Waals surface area contributed by atoms with Gasteiger partial charge in [-0.3, -0.25) is 9.79 Å². The van der Waals surface area contributed by atoms with Crippen LogP contribution in [0.25, 0.3) is 6.08 Å². The summed E-state index contributed by atoms with van der Waals surface area (Å²) in [5.41, 5.74) is 3.21. The van der Waals surface area contributed by atoms with E-state index in [1.165, 1.54) is 0 Å². The van der Waals surface area contributed by atoms with Crippen molar-refractivity contribution >= 4 is 29.6 Å². The largest absolute Gasteiger partial charge is 0.478 e. The van der Waals surface area contributed by atoms with Gasteiger partial charge < -0.3 is 21.1 Å². The van der Waals surface area contributed by atoms with Crippen LogP contribution in [-0.2, 0) is 11.2 Å². The third-order valence-corrected chi connectivity index (χ3v) is 4.13. The molecule has 0 spiro atoms. The van der Waals surface area contributed by atoms with Gasteiger partial charge in [-0.15, -0.1) is 0 Å². The molecule has 0 unspecified atom stereocenters. The third kappa shape index (κ3) is 5.70. The Morgan fingerprint density at radius 2 is 2.04 bits per heavy atom. The molecule has 3 rings (SSSR count). The Bertz CT molecular complexity index is 921. The molecule has 7 nitrogen and oxygen atoms in total. The Morgan fingerprint density at radius 3 is 2.82 bits per heavy atom. The lowest BCUT2D eigenvalue weighted by Gasteiger charge is -2.09. The van der Waals surface area contributed by atoms with Crippen LogP contribution in [0.5, 0.6) is 0 Å². The van der Waals surface area contributed by atoms with Crippen molar-refractivity contribution in [2.24, 2.45) is 4.99 Å². The number of hydrogen-bond donors (Lipinski definition) is 4. The molecule has 28 heavy (non-hydrogen) atoms. The van der Waals surface area contributed by atoms with E-state index in [4.69, 9.17) is 5.11 Å². The van der Waals surface area contributed by atoms with Gasteiger partial charge in [0.05, 0.1) is 6.54 Å². The van der Waals surface area contributed by atoms with Gasteiger partial charge in [0.2, 0.25) is 0 Å². The maximum atomic E-state index is 12.4. The Labute approximate surface area is 163 Å². The lowest BCUT2D eigenvalue weighted by atomic mass is 10.1. The summed E-state index contributed by atoms with van der Waals surface area (Å²) in [6.07, 6.45) is 3.31. The zero-order valence-electron chi connectivity index (χ0n) is 15.3. The molecule has 1 amide bonds. The van der Waals surface area contributed by atoms with Gasteiger partial charge in [0, 0.05) is 30.4 Å². The molecule has 0 fully saturated rings. The van der Waals surface area contributed by atoms with Gasteiger partial charge in [0.1, 0.15) is 0 Å². The van der Waals surface area contributed by atoms with E-state index in [1.807, 2.05) is 36.4 Å². The molecule has 144 valence electrons. The molecule has 0 saturated heterocycles. The van der Waals surface area contributed by atoms with Crippen LogP contribution in [0.3, 0.4) is 0 Å². The summed E-state index contributed by atoms with van der Waals surface area (Å²) in [7, 11) is 0. The van der Waals surface area contributed by atoms with E-state index < -0.39 is 5.97 Å². The zero-order chi connectivity index (χ0) is 19.8. The minimum absolute atomic E-state index is 0.146. The average Bonchev–Trinajstić information content (AvgIpc) is 3.20. The normalized spacial score (nSPS) is 13.1. The minimum atomic E-state index is -0.981. The van der Waals surface area contributed by atoms with E-state index in [0.29, 0.717) is 18.5 Å². The molecular formula is C21H22N4O3. The number of amides is 1. The Morgan fingerprint density at radius 1 is 1.18 bits per heavy atom. The van der Waals surface area contributed by atoms with Crippen LogP contribution in [0.2, 0.25) is 0 Å². The first-order valence-corrected chi connectivity index (χ1v) is 9.04. The van der Waals surface area contributed by atoms with Crippen molar-refractivity contribution in [3.8, 4) is 0 Å². The number of rotatable bonds is 7. The van der Waals surface area contributed by atoms with Crippen molar-refractivity contribution in [1.82, 2.24) is 10.6 Å². The zero-order valence-corrected chi connectivity index (χ0v) is 15.3. The number of benzene rings is 2. The van der Waals surface area contributed by atoms with Gasteiger partial charge >= 0.3 is 5.97 Å². The Hall–Kier alpha value is -3.61. The number of guanidine groups is 1. The van der Waals surface area contributed by atoms with Gasteiger partial charge in [-0.2, -0.15) is 0 Å². The SMILES string of the molecule is O=C(O)C=Cc1cccc(CCNC(=O)c2cccc(NC3=NCCN3)c2)c1. The lowest BCUT2D eigenvalue weighted by Crippen LogP contribution is -2.27. The highest BCUT2D eigenvalue weighted by molar-refractivity contribution is 5.98. The number of nitrogens with one attached hydrogen (secondary N) is 3. The first-order chi connectivity index (χ1) is 13.6. The van der Waals surface area contributed by atoms with Crippen LogP contribution in [0, 0.1) is 0 Å². The van der Waals surface area contributed by atoms with Gasteiger partial charge in [-0.05, 0) is 41.8 Å². The number of nitrogens with zero attached hydrogens (tertiary/aromatic N) is 1. The van der Waals surface area contributed by atoms with Gasteiger partial charge in [-0.1, -0.05) is 30.3 Å². The molecule has 2 aromatic carbocycles. The highest BCUT2D eigenvalue weighted by Crippen LogP contribution is 2.11. The summed E-state index contributed by atoms with van der Waals surface area (Å²) >= 11 is 0. The first kappa shape index (κ1) is 19.2. The second kappa shape index (κ2) is 9.36. The van der Waals surface area contributed by atoms with Crippen LogP contribution in [0.4, 0.5) is 5.69 Å². The first-order valence-electron chi connectivity index (χ1n) is 9.04. The molecule has 4 N–H and O–H groups in total.